The number of benzene rings is 2. The van der Waals surface area contributed by atoms with Crippen LogP contribution in [0.2, 0.25) is 0 Å². The van der Waals surface area contributed by atoms with Crippen LogP contribution in [0.4, 0.5) is 0 Å². The van der Waals surface area contributed by atoms with Crippen LogP contribution in [-0.4, -0.2) is 49.3 Å². The van der Waals surface area contributed by atoms with Gasteiger partial charge in [0.1, 0.15) is 0 Å². The molecule has 2 atom stereocenters. The van der Waals surface area contributed by atoms with Crippen LogP contribution in [0.25, 0.3) is 0 Å². The first kappa shape index (κ1) is 22.4. The summed E-state index contributed by atoms with van der Waals surface area (Å²) in [5.41, 5.74) is 1.99. The van der Waals surface area contributed by atoms with Crippen LogP contribution in [0.3, 0.4) is 0 Å². The highest BCUT2D eigenvalue weighted by atomic mass is 16.7. The molecule has 5 rings (SSSR count). The maximum Gasteiger partial charge on any atom is 0.231 e. The molecule has 2 aromatic rings. The standard InChI is InChI=1S/C26H30N2O6/c1-27(13-17-6-8-21-23(10-17)33-15-31-21)25(29)19-4-3-5-20(12-19)26(30)28(2)14-18-7-9-22-24(11-18)34-16-32-22/h6-11,19-20H,3-5,12-16H2,1-2H3. The second kappa shape index (κ2) is 9.44. The number of amides is 2. The van der Waals surface area contributed by atoms with Gasteiger partial charge in [0.15, 0.2) is 23.0 Å². The molecule has 0 spiro atoms. The summed E-state index contributed by atoms with van der Waals surface area (Å²) < 4.78 is 21.6. The van der Waals surface area contributed by atoms with Gasteiger partial charge >= 0.3 is 0 Å². The quantitative estimate of drug-likeness (QED) is 0.648. The molecule has 2 amide bonds. The van der Waals surface area contributed by atoms with Crippen LogP contribution in [0.15, 0.2) is 36.4 Å². The van der Waals surface area contributed by atoms with E-state index in [-0.39, 0.29) is 37.2 Å². The van der Waals surface area contributed by atoms with E-state index in [0.29, 0.717) is 31.0 Å². The van der Waals surface area contributed by atoms with Gasteiger partial charge in [0.05, 0.1) is 0 Å². The van der Waals surface area contributed by atoms with E-state index in [9.17, 15) is 9.59 Å². The van der Waals surface area contributed by atoms with E-state index in [1.807, 2.05) is 50.5 Å². The predicted octanol–water partition coefficient (Wildman–Crippen LogP) is 3.57. The van der Waals surface area contributed by atoms with Gasteiger partial charge in [-0.25, -0.2) is 0 Å². The number of hydrogen-bond donors (Lipinski definition) is 0. The van der Waals surface area contributed by atoms with Crippen molar-refractivity contribution in [1.29, 1.82) is 0 Å². The Kier molecular flexibility index (Phi) is 6.22. The van der Waals surface area contributed by atoms with Crippen LogP contribution >= 0.6 is 0 Å². The fourth-order valence-corrected chi connectivity index (χ4v) is 5.04. The molecule has 8 heteroatoms. The number of nitrogens with zero attached hydrogens (tertiary/aromatic N) is 2. The minimum Gasteiger partial charge on any atom is -0.454 e. The van der Waals surface area contributed by atoms with Crippen molar-refractivity contribution in [3.8, 4) is 23.0 Å². The topological polar surface area (TPSA) is 77.5 Å². The van der Waals surface area contributed by atoms with E-state index in [1.54, 1.807) is 9.80 Å². The first-order valence-corrected chi connectivity index (χ1v) is 11.7. The molecule has 0 saturated heterocycles. The summed E-state index contributed by atoms with van der Waals surface area (Å²) in [6.07, 6.45) is 3.11. The van der Waals surface area contributed by atoms with Crippen molar-refractivity contribution >= 4 is 11.8 Å². The second-order valence-electron chi connectivity index (χ2n) is 9.32. The highest BCUT2D eigenvalue weighted by molar-refractivity contribution is 5.82. The number of rotatable bonds is 6. The van der Waals surface area contributed by atoms with E-state index in [4.69, 9.17) is 18.9 Å². The maximum atomic E-state index is 13.2. The van der Waals surface area contributed by atoms with Crippen LogP contribution in [0.1, 0.15) is 36.8 Å². The highest BCUT2D eigenvalue weighted by Gasteiger charge is 2.34. The monoisotopic (exact) mass is 466 g/mol. The fraction of sp³-hybridized carbons (Fsp3) is 0.462. The van der Waals surface area contributed by atoms with Crippen LogP contribution in [0, 0.1) is 11.8 Å². The molecule has 8 nitrogen and oxygen atoms in total. The largest absolute Gasteiger partial charge is 0.454 e. The number of ether oxygens (including phenoxy) is 4. The fourth-order valence-electron chi connectivity index (χ4n) is 5.04. The van der Waals surface area contributed by atoms with E-state index >= 15 is 0 Å². The molecule has 34 heavy (non-hydrogen) atoms. The lowest BCUT2D eigenvalue weighted by Gasteiger charge is -2.32. The molecule has 0 N–H and O–H groups in total. The SMILES string of the molecule is CN(Cc1ccc2c(c1)OCO2)C(=O)C1CCCC(C(=O)N(C)Cc2ccc3c(c2)OCO3)C1. The van der Waals surface area contributed by atoms with Crippen molar-refractivity contribution in [1.82, 2.24) is 9.80 Å². The summed E-state index contributed by atoms with van der Waals surface area (Å²) in [6.45, 7) is 1.45. The molecule has 1 saturated carbocycles. The summed E-state index contributed by atoms with van der Waals surface area (Å²) in [5.74, 6) is 2.80. The maximum absolute atomic E-state index is 13.2. The van der Waals surface area contributed by atoms with Crippen molar-refractivity contribution in [2.45, 2.75) is 38.8 Å². The third kappa shape index (κ3) is 4.62. The zero-order chi connectivity index (χ0) is 23.7. The van der Waals surface area contributed by atoms with Crippen molar-refractivity contribution in [3.63, 3.8) is 0 Å². The molecule has 2 aliphatic heterocycles. The van der Waals surface area contributed by atoms with E-state index < -0.39 is 0 Å². The van der Waals surface area contributed by atoms with Crippen molar-refractivity contribution in [2.75, 3.05) is 27.7 Å². The van der Waals surface area contributed by atoms with Gasteiger partial charge in [-0.2, -0.15) is 0 Å². The van der Waals surface area contributed by atoms with Gasteiger partial charge in [0.25, 0.3) is 0 Å². The molecule has 180 valence electrons. The van der Waals surface area contributed by atoms with Crippen molar-refractivity contribution in [2.24, 2.45) is 11.8 Å². The predicted molar refractivity (Wildman–Crippen MR) is 124 cm³/mol. The molecule has 2 heterocycles. The summed E-state index contributed by atoms with van der Waals surface area (Å²) >= 11 is 0. The third-order valence-electron chi connectivity index (χ3n) is 6.84. The minimum absolute atomic E-state index is 0.0913. The number of hydrogen-bond acceptors (Lipinski definition) is 6. The molecule has 1 aliphatic carbocycles. The smallest absolute Gasteiger partial charge is 0.231 e. The lowest BCUT2D eigenvalue weighted by Crippen LogP contribution is -2.39. The average molecular weight is 467 g/mol. The summed E-state index contributed by atoms with van der Waals surface area (Å²) in [5, 5.41) is 0. The Labute approximate surface area is 199 Å². The molecule has 2 unspecified atom stereocenters. The first-order chi connectivity index (χ1) is 16.5. The van der Waals surface area contributed by atoms with Crippen molar-refractivity contribution < 1.29 is 28.5 Å². The van der Waals surface area contributed by atoms with E-state index in [2.05, 4.69) is 0 Å². The van der Waals surface area contributed by atoms with E-state index in [0.717, 1.165) is 41.9 Å². The lowest BCUT2D eigenvalue weighted by atomic mass is 9.80. The Morgan fingerprint density at radius 2 is 1.18 bits per heavy atom. The van der Waals surface area contributed by atoms with Gasteiger partial charge in [0.2, 0.25) is 25.4 Å². The van der Waals surface area contributed by atoms with Gasteiger partial charge in [0, 0.05) is 39.0 Å². The average Bonchev–Trinajstić information content (AvgIpc) is 3.51. The summed E-state index contributed by atoms with van der Waals surface area (Å²) in [4.78, 5) is 29.9. The third-order valence-corrected chi connectivity index (χ3v) is 6.84. The molecule has 0 bridgehead atoms. The van der Waals surface area contributed by atoms with Crippen molar-refractivity contribution in [3.05, 3.63) is 47.5 Å². The molecular weight excluding hydrogens is 436 g/mol. The van der Waals surface area contributed by atoms with Crippen LogP contribution < -0.4 is 18.9 Å². The summed E-state index contributed by atoms with van der Waals surface area (Å²) in [6, 6.07) is 11.5. The lowest BCUT2D eigenvalue weighted by molar-refractivity contribution is -0.140. The Morgan fingerprint density at radius 1 is 0.735 bits per heavy atom. The van der Waals surface area contributed by atoms with Crippen LogP contribution in [-0.2, 0) is 22.7 Å². The zero-order valence-corrected chi connectivity index (χ0v) is 19.6. The molecule has 0 aromatic heterocycles. The highest BCUT2D eigenvalue weighted by Crippen LogP contribution is 2.35. The zero-order valence-electron chi connectivity index (χ0n) is 19.6. The van der Waals surface area contributed by atoms with Crippen LogP contribution in [0.5, 0.6) is 23.0 Å². The number of carbonyl (C=O) groups excluding carboxylic acids is 2. The summed E-state index contributed by atoms with van der Waals surface area (Å²) in [7, 11) is 3.65. The molecular formula is C26H30N2O6. The first-order valence-electron chi connectivity index (χ1n) is 11.7. The van der Waals surface area contributed by atoms with Gasteiger partial charge in [-0.1, -0.05) is 18.6 Å². The Hall–Kier alpha value is -3.42. The molecule has 1 fully saturated rings. The Bertz CT molecular complexity index is 1000. The minimum atomic E-state index is -0.138. The Balaban J connectivity index is 1.17. The van der Waals surface area contributed by atoms with E-state index in [1.165, 1.54) is 0 Å². The van der Waals surface area contributed by atoms with Gasteiger partial charge in [-0.05, 0) is 54.7 Å². The number of fused-ring (bicyclic) bond motifs is 2. The van der Waals surface area contributed by atoms with Gasteiger partial charge in [-0.3, -0.25) is 9.59 Å². The molecule has 2 aromatic carbocycles. The molecule has 0 radical (unpaired) electrons. The van der Waals surface area contributed by atoms with Gasteiger partial charge < -0.3 is 28.7 Å². The normalized spacial score (nSPS) is 20.2. The molecule has 3 aliphatic rings. The second-order valence-corrected chi connectivity index (χ2v) is 9.32. The van der Waals surface area contributed by atoms with Gasteiger partial charge in [-0.15, -0.1) is 0 Å². The Morgan fingerprint density at radius 3 is 1.65 bits per heavy atom. The number of carbonyl (C=O) groups is 2.